The summed E-state index contributed by atoms with van der Waals surface area (Å²) in [6, 6.07) is 10.9. The van der Waals surface area contributed by atoms with E-state index in [-0.39, 0.29) is 17.9 Å². The zero-order valence-corrected chi connectivity index (χ0v) is 15.4. The molecule has 2 amide bonds. The van der Waals surface area contributed by atoms with Gasteiger partial charge >= 0.3 is 0 Å². The molecule has 1 heterocycles. The first-order chi connectivity index (χ1) is 12.0. The fraction of sp³-hybridized carbons (Fsp3) is 0.368. The lowest BCUT2D eigenvalue weighted by atomic mass is 10.0. The van der Waals surface area contributed by atoms with Crippen molar-refractivity contribution in [3.63, 3.8) is 0 Å². The van der Waals surface area contributed by atoms with E-state index in [4.69, 9.17) is 5.73 Å². The number of benzene rings is 1. The highest BCUT2D eigenvalue weighted by Crippen LogP contribution is 2.10. The Morgan fingerprint density at radius 3 is 2.40 bits per heavy atom. The highest BCUT2D eigenvalue weighted by molar-refractivity contribution is 7.12. The summed E-state index contributed by atoms with van der Waals surface area (Å²) < 4.78 is 0. The van der Waals surface area contributed by atoms with Crippen LogP contribution in [0.3, 0.4) is 0 Å². The predicted molar refractivity (Wildman–Crippen MR) is 102 cm³/mol. The van der Waals surface area contributed by atoms with Gasteiger partial charge in [0.1, 0.15) is 0 Å². The third kappa shape index (κ3) is 5.99. The van der Waals surface area contributed by atoms with E-state index in [1.54, 1.807) is 18.2 Å². The van der Waals surface area contributed by atoms with Crippen molar-refractivity contribution >= 4 is 23.2 Å². The maximum absolute atomic E-state index is 12.3. The maximum Gasteiger partial charge on any atom is 0.261 e. The van der Waals surface area contributed by atoms with E-state index in [0.29, 0.717) is 29.4 Å². The van der Waals surface area contributed by atoms with Crippen LogP contribution in [0.2, 0.25) is 0 Å². The van der Waals surface area contributed by atoms with Crippen LogP contribution < -0.4 is 16.4 Å². The van der Waals surface area contributed by atoms with Crippen molar-refractivity contribution in [2.75, 3.05) is 6.54 Å². The zero-order chi connectivity index (χ0) is 18.2. The molecule has 0 fully saturated rings. The molecular formula is C19H25N3O2S. The van der Waals surface area contributed by atoms with Crippen LogP contribution in [0.5, 0.6) is 0 Å². The van der Waals surface area contributed by atoms with Crippen molar-refractivity contribution in [1.29, 1.82) is 0 Å². The number of carbonyl (C=O) groups is 2. The molecular weight excluding hydrogens is 334 g/mol. The molecule has 25 heavy (non-hydrogen) atoms. The lowest BCUT2D eigenvalue weighted by molar-refractivity contribution is 0.0930. The van der Waals surface area contributed by atoms with Crippen LogP contribution in [0, 0.1) is 5.92 Å². The van der Waals surface area contributed by atoms with Gasteiger partial charge in [0.05, 0.1) is 4.88 Å². The van der Waals surface area contributed by atoms with Crippen LogP contribution >= 0.6 is 11.3 Å². The molecule has 0 radical (unpaired) electrons. The largest absolute Gasteiger partial charge is 0.348 e. The molecule has 6 heteroatoms. The summed E-state index contributed by atoms with van der Waals surface area (Å²) in [5.41, 5.74) is 7.26. The Morgan fingerprint density at radius 2 is 1.84 bits per heavy atom. The lowest BCUT2D eigenvalue weighted by Gasteiger charge is -2.18. The van der Waals surface area contributed by atoms with Crippen LogP contribution in [0.1, 0.15) is 45.9 Å². The van der Waals surface area contributed by atoms with E-state index in [0.717, 1.165) is 12.0 Å². The van der Waals surface area contributed by atoms with Gasteiger partial charge in [-0.1, -0.05) is 32.0 Å². The molecule has 1 aromatic heterocycles. The van der Waals surface area contributed by atoms with Crippen molar-refractivity contribution in [2.24, 2.45) is 11.7 Å². The Kier molecular flexibility index (Phi) is 7.16. The SMILES string of the molecule is CC(C)CC(CN)NC(=O)c1ccc(CNC(=O)c2cccs2)cc1. The molecule has 134 valence electrons. The van der Waals surface area contributed by atoms with Gasteiger partial charge in [0.25, 0.3) is 11.8 Å². The summed E-state index contributed by atoms with van der Waals surface area (Å²) in [6.07, 6.45) is 0.856. The fourth-order valence-corrected chi connectivity index (χ4v) is 3.14. The standard InChI is InChI=1S/C19H25N3O2S/c1-13(2)10-16(11-20)22-18(23)15-7-5-14(6-8-15)12-21-19(24)17-4-3-9-25-17/h3-9,13,16H,10-12,20H2,1-2H3,(H,21,24)(H,22,23). The van der Waals surface area contributed by atoms with Crippen LogP contribution in [0.15, 0.2) is 41.8 Å². The highest BCUT2D eigenvalue weighted by atomic mass is 32.1. The monoisotopic (exact) mass is 359 g/mol. The van der Waals surface area contributed by atoms with Gasteiger partial charge in [-0.05, 0) is 41.5 Å². The lowest BCUT2D eigenvalue weighted by Crippen LogP contribution is -2.41. The number of carbonyl (C=O) groups excluding carboxylic acids is 2. The van der Waals surface area contributed by atoms with Crippen LogP contribution in [0.25, 0.3) is 0 Å². The normalized spacial score (nSPS) is 12.0. The fourth-order valence-electron chi connectivity index (χ4n) is 2.50. The molecule has 0 bridgehead atoms. The summed E-state index contributed by atoms with van der Waals surface area (Å²) in [7, 11) is 0. The van der Waals surface area contributed by atoms with Gasteiger partial charge in [-0.15, -0.1) is 11.3 Å². The van der Waals surface area contributed by atoms with Crippen molar-refractivity contribution in [3.05, 3.63) is 57.8 Å². The van der Waals surface area contributed by atoms with Crippen molar-refractivity contribution in [2.45, 2.75) is 32.9 Å². The summed E-state index contributed by atoms with van der Waals surface area (Å²) in [6.45, 7) is 5.07. The topological polar surface area (TPSA) is 84.2 Å². The summed E-state index contributed by atoms with van der Waals surface area (Å²) in [4.78, 5) is 24.9. The third-order valence-electron chi connectivity index (χ3n) is 3.79. The zero-order valence-electron chi connectivity index (χ0n) is 14.6. The van der Waals surface area contributed by atoms with E-state index in [9.17, 15) is 9.59 Å². The van der Waals surface area contributed by atoms with Crippen molar-refractivity contribution in [3.8, 4) is 0 Å². The number of hydrogen-bond acceptors (Lipinski definition) is 4. The van der Waals surface area contributed by atoms with Crippen LogP contribution in [0.4, 0.5) is 0 Å². The van der Waals surface area contributed by atoms with E-state index in [1.165, 1.54) is 11.3 Å². The molecule has 1 atom stereocenters. The summed E-state index contributed by atoms with van der Waals surface area (Å²) in [5, 5.41) is 7.71. The number of rotatable bonds is 8. The first-order valence-corrected chi connectivity index (χ1v) is 9.29. The number of nitrogens with two attached hydrogens (primary N) is 1. The molecule has 0 aliphatic heterocycles. The average Bonchev–Trinajstić information content (AvgIpc) is 3.13. The van der Waals surface area contributed by atoms with Gasteiger partial charge in [0.15, 0.2) is 0 Å². The molecule has 4 N–H and O–H groups in total. The second-order valence-electron chi connectivity index (χ2n) is 6.39. The maximum atomic E-state index is 12.3. The minimum atomic E-state index is -0.120. The van der Waals surface area contributed by atoms with Gasteiger partial charge < -0.3 is 16.4 Å². The number of amides is 2. The molecule has 0 saturated carbocycles. The molecule has 2 rings (SSSR count). The first-order valence-electron chi connectivity index (χ1n) is 8.41. The molecule has 1 aromatic carbocycles. The number of thiophene rings is 1. The number of hydrogen-bond donors (Lipinski definition) is 3. The molecule has 1 unspecified atom stereocenters. The molecule has 5 nitrogen and oxygen atoms in total. The van der Waals surface area contributed by atoms with E-state index in [1.807, 2.05) is 23.6 Å². The third-order valence-corrected chi connectivity index (χ3v) is 4.66. The molecule has 0 aliphatic carbocycles. The van der Waals surface area contributed by atoms with Gasteiger partial charge in [-0.2, -0.15) is 0 Å². The van der Waals surface area contributed by atoms with E-state index in [2.05, 4.69) is 24.5 Å². The second kappa shape index (κ2) is 9.34. The molecule has 0 saturated heterocycles. The van der Waals surface area contributed by atoms with Crippen molar-refractivity contribution < 1.29 is 9.59 Å². The van der Waals surface area contributed by atoms with Crippen LogP contribution in [-0.2, 0) is 6.54 Å². The Morgan fingerprint density at radius 1 is 1.12 bits per heavy atom. The second-order valence-corrected chi connectivity index (χ2v) is 7.34. The Balaban J connectivity index is 1.88. The first kappa shape index (κ1) is 19.1. The van der Waals surface area contributed by atoms with Gasteiger partial charge in [-0.25, -0.2) is 0 Å². The average molecular weight is 359 g/mol. The minimum absolute atomic E-state index is 0.0164. The Bertz CT molecular complexity index is 681. The quantitative estimate of drug-likeness (QED) is 0.677. The van der Waals surface area contributed by atoms with E-state index >= 15 is 0 Å². The summed E-state index contributed by atoms with van der Waals surface area (Å²) >= 11 is 1.41. The molecule has 0 spiro atoms. The Labute approximate surface area is 152 Å². The van der Waals surface area contributed by atoms with Crippen LogP contribution in [-0.4, -0.2) is 24.4 Å². The minimum Gasteiger partial charge on any atom is -0.348 e. The van der Waals surface area contributed by atoms with Gasteiger partial charge in [-0.3, -0.25) is 9.59 Å². The van der Waals surface area contributed by atoms with Crippen molar-refractivity contribution in [1.82, 2.24) is 10.6 Å². The predicted octanol–water partition coefficient (Wildman–Crippen LogP) is 2.78. The number of nitrogens with one attached hydrogen (secondary N) is 2. The van der Waals surface area contributed by atoms with Gasteiger partial charge in [0.2, 0.25) is 0 Å². The summed E-state index contributed by atoms with van der Waals surface area (Å²) in [5.74, 6) is 0.268. The van der Waals surface area contributed by atoms with Gasteiger partial charge in [0, 0.05) is 24.7 Å². The molecule has 2 aromatic rings. The molecule has 0 aliphatic rings. The smallest absolute Gasteiger partial charge is 0.261 e. The van der Waals surface area contributed by atoms with E-state index < -0.39 is 0 Å². The highest BCUT2D eigenvalue weighted by Gasteiger charge is 2.14. The Hall–Kier alpha value is -2.18.